The van der Waals surface area contributed by atoms with Crippen molar-refractivity contribution in [1.82, 2.24) is 4.98 Å². The van der Waals surface area contributed by atoms with Crippen molar-refractivity contribution >= 4 is 16.5 Å². The van der Waals surface area contributed by atoms with Gasteiger partial charge in [0.15, 0.2) is 0 Å². The van der Waals surface area contributed by atoms with Gasteiger partial charge in [-0.3, -0.25) is 0 Å². The highest BCUT2D eigenvalue weighted by Crippen LogP contribution is 2.54. The molecule has 1 aromatic carbocycles. The van der Waals surface area contributed by atoms with Gasteiger partial charge in [-0.2, -0.15) is 0 Å². The molecule has 2 aromatic rings. The van der Waals surface area contributed by atoms with Crippen LogP contribution < -0.4 is 5.73 Å². The van der Waals surface area contributed by atoms with Gasteiger partial charge in [0.1, 0.15) is 0 Å². The zero-order chi connectivity index (χ0) is 15.7. The fourth-order valence-electron chi connectivity index (χ4n) is 4.49. The Morgan fingerprint density at radius 2 is 2.09 bits per heavy atom. The standard InChI is InChI=1S/C20H24N2/c1-5-20(4)10-9-14-17(18(20)21)12-11-22-15-8-6-7-13(16(12)15)19(14,2)3/h5-8,11,18,22H,1,9-10,21H2,2-4H3/t18-,20+/m1/s1. The SMILES string of the molecule is C=C[C@@]1(C)CCC2=C(c3c[nH]c4cccc(c34)C2(C)C)[C@H]1N. The second kappa shape index (κ2) is 4.14. The van der Waals surface area contributed by atoms with Crippen LogP contribution >= 0.6 is 0 Å². The molecule has 0 bridgehead atoms. The van der Waals surface area contributed by atoms with Gasteiger partial charge >= 0.3 is 0 Å². The third kappa shape index (κ3) is 1.49. The summed E-state index contributed by atoms with van der Waals surface area (Å²) < 4.78 is 0. The van der Waals surface area contributed by atoms with E-state index in [1.807, 2.05) is 0 Å². The van der Waals surface area contributed by atoms with E-state index in [1.165, 1.54) is 33.2 Å². The lowest BCUT2D eigenvalue weighted by Gasteiger charge is -2.46. The van der Waals surface area contributed by atoms with E-state index >= 15 is 0 Å². The summed E-state index contributed by atoms with van der Waals surface area (Å²) in [7, 11) is 0. The number of allylic oxidation sites excluding steroid dienone is 1. The van der Waals surface area contributed by atoms with Crippen molar-refractivity contribution in [3.8, 4) is 0 Å². The molecule has 0 amide bonds. The second-order valence-corrected chi connectivity index (χ2v) is 7.64. The van der Waals surface area contributed by atoms with Crippen molar-refractivity contribution in [2.45, 2.75) is 45.1 Å². The van der Waals surface area contributed by atoms with Gasteiger partial charge in [0.25, 0.3) is 0 Å². The first kappa shape index (κ1) is 13.8. The van der Waals surface area contributed by atoms with Crippen LogP contribution in [0.1, 0.15) is 44.7 Å². The zero-order valence-electron chi connectivity index (χ0n) is 13.7. The van der Waals surface area contributed by atoms with E-state index in [2.05, 4.69) is 62.8 Å². The number of aromatic nitrogens is 1. The zero-order valence-corrected chi connectivity index (χ0v) is 13.7. The minimum atomic E-state index is -0.0230. The summed E-state index contributed by atoms with van der Waals surface area (Å²) >= 11 is 0. The summed E-state index contributed by atoms with van der Waals surface area (Å²) in [6.45, 7) is 11.0. The van der Waals surface area contributed by atoms with Crippen LogP contribution in [0, 0.1) is 5.41 Å². The number of fused-ring (bicyclic) bond motifs is 1. The number of nitrogens with one attached hydrogen (secondary N) is 1. The van der Waals surface area contributed by atoms with Gasteiger partial charge in [-0.1, -0.05) is 44.6 Å². The van der Waals surface area contributed by atoms with Crippen LogP contribution in [-0.2, 0) is 5.41 Å². The third-order valence-corrected chi connectivity index (χ3v) is 6.15. The number of benzene rings is 1. The fourth-order valence-corrected chi connectivity index (χ4v) is 4.49. The molecule has 0 fully saturated rings. The van der Waals surface area contributed by atoms with Crippen molar-refractivity contribution in [2.24, 2.45) is 11.1 Å². The molecule has 2 aliphatic carbocycles. The summed E-state index contributed by atoms with van der Waals surface area (Å²) in [6, 6.07) is 6.60. The summed E-state index contributed by atoms with van der Waals surface area (Å²) in [6.07, 6.45) is 6.38. The Morgan fingerprint density at radius 3 is 2.82 bits per heavy atom. The number of aromatic amines is 1. The smallest absolute Gasteiger partial charge is 0.0463 e. The molecule has 3 N–H and O–H groups in total. The molecule has 0 saturated heterocycles. The maximum absolute atomic E-state index is 6.75. The summed E-state index contributed by atoms with van der Waals surface area (Å²) in [5.74, 6) is 0. The lowest BCUT2D eigenvalue weighted by Crippen LogP contribution is -2.45. The molecule has 22 heavy (non-hydrogen) atoms. The summed E-state index contributed by atoms with van der Waals surface area (Å²) in [4.78, 5) is 3.44. The monoisotopic (exact) mass is 292 g/mol. The lowest BCUT2D eigenvalue weighted by atomic mass is 9.59. The van der Waals surface area contributed by atoms with E-state index in [9.17, 15) is 0 Å². The van der Waals surface area contributed by atoms with Gasteiger partial charge in [0.2, 0.25) is 0 Å². The van der Waals surface area contributed by atoms with Crippen LogP contribution in [0.3, 0.4) is 0 Å². The predicted octanol–water partition coefficient (Wildman–Crippen LogP) is 4.53. The highest BCUT2D eigenvalue weighted by Gasteiger charge is 2.45. The van der Waals surface area contributed by atoms with Gasteiger partial charge in [0, 0.05) is 39.5 Å². The van der Waals surface area contributed by atoms with Crippen LogP contribution in [0.5, 0.6) is 0 Å². The highest BCUT2D eigenvalue weighted by molar-refractivity contribution is 6.01. The van der Waals surface area contributed by atoms with Crippen molar-refractivity contribution < 1.29 is 0 Å². The molecule has 2 nitrogen and oxygen atoms in total. The topological polar surface area (TPSA) is 41.8 Å². The van der Waals surface area contributed by atoms with Crippen LogP contribution in [0.15, 0.2) is 42.6 Å². The highest BCUT2D eigenvalue weighted by atomic mass is 14.7. The first-order valence-corrected chi connectivity index (χ1v) is 8.14. The average Bonchev–Trinajstić information content (AvgIpc) is 2.92. The summed E-state index contributed by atoms with van der Waals surface area (Å²) in [5.41, 5.74) is 13.6. The average molecular weight is 292 g/mol. The molecular weight excluding hydrogens is 268 g/mol. The van der Waals surface area contributed by atoms with Gasteiger partial charge in [0.05, 0.1) is 0 Å². The molecule has 114 valence electrons. The second-order valence-electron chi connectivity index (χ2n) is 7.64. The number of H-pyrrole nitrogens is 1. The van der Waals surface area contributed by atoms with E-state index in [0.29, 0.717) is 0 Å². The quantitative estimate of drug-likeness (QED) is 0.745. The third-order valence-electron chi connectivity index (χ3n) is 6.15. The van der Waals surface area contributed by atoms with Gasteiger partial charge in [-0.15, -0.1) is 6.58 Å². The molecule has 0 radical (unpaired) electrons. The Labute approximate surface area is 132 Å². The molecule has 0 spiro atoms. The number of rotatable bonds is 1. The first-order chi connectivity index (χ1) is 10.4. The normalized spacial score (nSPS) is 29.5. The van der Waals surface area contributed by atoms with E-state index in [0.717, 1.165) is 12.8 Å². The molecule has 1 aromatic heterocycles. The van der Waals surface area contributed by atoms with Gasteiger partial charge in [-0.25, -0.2) is 0 Å². The van der Waals surface area contributed by atoms with Crippen molar-refractivity contribution in [2.75, 3.05) is 0 Å². The molecule has 2 aliphatic rings. The number of hydrogen-bond acceptors (Lipinski definition) is 1. The Hall–Kier alpha value is -1.80. The van der Waals surface area contributed by atoms with Crippen molar-refractivity contribution in [1.29, 1.82) is 0 Å². The Balaban J connectivity index is 2.08. The van der Waals surface area contributed by atoms with Crippen LogP contribution in [0.25, 0.3) is 16.5 Å². The molecule has 0 saturated carbocycles. The maximum Gasteiger partial charge on any atom is 0.0463 e. The van der Waals surface area contributed by atoms with Crippen LogP contribution in [0.4, 0.5) is 0 Å². The molecule has 2 heteroatoms. The first-order valence-electron chi connectivity index (χ1n) is 8.14. The molecule has 0 aliphatic heterocycles. The Bertz CT molecular complexity index is 821. The van der Waals surface area contributed by atoms with Crippen LogP contribution in [0.2, 0.25) is 0 Å². The van der Waals surface area contributed by atoms with E-state index in [-0.39, 0.29) is 16.9 Å². The van der Waals surface area contributed by atoms with Crippen LogP contribution in [-0.4, -0.2) is 11.0 Å². The fraction of sp³-hybridized carbons (Fsp3) is 0.400. The minimum absolute atomic E-state index is 0.0142. The minimum Gasteiger partial charge on any atom is -0.361 e. The van der Waals surface area contributed by atoms with Crippen molar-refractivity contribution in [3.63, 3.8) is 0 Å². The van der Waals surface area contributed by atoms with E-state index < -0.39 is 0 Å². The lowest BCUT2D eigenvalue weighted by molar-refractivity contribution is 0.329. The molecule has 4 rings (SSSR count). The molecule has 2 atom stereocenters. The van der Waals surface area contributed by atoms with Crippen molar-refractivity contribution in [3.05, 3.63) is 53.8 Å². The molecule has 0 unspecified atom stereocenters. The van der Waals surface area contributed by atoms with E-state index in [4.69, 9.17) is 5.73 Å². The Morgan fingerprint density at radius 1 is 1.32 bits per heavy atom. The number of nitrogens with two attached hydrogens (primary N) is 1. The summed E-state index contributed by atoms with van der Waals surface area (Å²) in [5, 5.41) is 1.36. The Kier molecular flexibility index (Phi) is 2.60. The van der Waals surface area contributed by atoms with Gasteiger partial charge < -0.3 is 10.7 Å². The number of hydrogen-bond donors (Lipinski definition) is 2. The van der Waals surface area contributed by atoms with Gasteiger partial charge in [-0.05, 0) is 30.0 Å². The van der Waals surface area contributed by atoms with E-state index in [1.54, 1.807) is 0 Å². The predicted molar refractivity (Wildman–Crippen MR) is 93.8 cm³/mol. The molecular formula is C20H24N2. The maximum atomic E-state index is 6.75. The largest absolute Gasteiger partial charge is 0.361 e. The molecule has 1 heterocycles.